The second kappa shape index (κ2) is 7.37. The molecule has 0 aromatic carbocycles. The smallest absolute Gasteiger partial charge is 0.0558 e. The van der Waals surface area contributed by atoms with Gasteiger partial charge in [0.25, 0.3) is 0 Å². The Morgan fingerprint density at radius 3 is 2.23 bits per heavy atom. The molecule has 0 heterocycles. The van der Waals surface area contributed by atoms with Crippen LogP contribution < -0.4 is 0 Å². The molecule has 3 heteroatoms. The first kappa shape index (κ1) is 19.2. The van der Waals surface area contributed by atoms with Crippen molar-refractivity contribution in [2.24, 2.45) is 34.5 Å². The predicted molar refractivity (Wildman–Crippen MR) is 106 cm³/mol. The Morgan fingerprint density at radius 2 is 1.50 bits per heavy atom. The minimum atomic E-state index is 0.211. The van der Waals surface area contributed by atoms with Gasteiger partial charge in [-0.05, 0) is 85.9 Å². The van der Waals surface area contributed by atoms with Crippen molar-refractivity contribution in [3.63, 3.8) is 0 Å². The van der Waals surface area contributed by atoms with Crippen molar-refractivity contribution in [1.82, 2.24) is 4.90 Å². The molecular formula is C23H41NO2. The van der Waals surface area contributed by atoms with E-state index in [0.717, 1.165) is 36.8 Å². The molecule has 26 heavy (non-hydrogen) atoms. The van der Waals surface area contributed by atoms with Crippen molar-refractivity contribution in [1.29, 1.82) is 0 Å². The van der Waals surface area contributed by atoms with Crippen LogP contribution in [0.15, 0.2) is 0 Å². The molecule has 0 aliphatic heterocycles. The molecule has 0 amide bonds. The topological polar surface area (TPSA) is 43.7 Å². The number of hydrogen-bond donors (Lipinski definition) is 2. The summed E-state index contributed by atoms with van der Waals surface area (Å²) in [5.41, 5.74) is 1.01. The lowest BCUT2D eigenvalue weighted by Crippen LogP contribution is -2.56. The second-order valence-electron chi connectivity index (χ2n) is 10.5. The van der Waals surface area contributed by atoms with E-state index in [9.17, 15) is 10.2 Å². The zero-order valence-corrected chi connectivity index (χ0v) is 17.1. The Kier molecular flexibility index (Phi) is 5.44. The van der Waals surface area contributed by atoms with Crippen molar-refractivity contribution in [3.05, 3.63) is 0 Å². The van der Waals surface area contributed by atoms with E-state index in [0.29, 0.717) is 16.9 Å². The predicted octanol–water partition coefficient (Wildman–Crippen LogP) is 4.07. The van der Waals surface area contributed by atoms with Crippen LogP contribution in [-0.4, -0.2) is 47.5 Å². The molecule has 150 valence electrons. The Labute approximate surface area is 160 Å². The summed E-state index contributed by atoms with van der Waals surface area (Å²) >= 11 is 0. The van der Waals surface area contributed by atoms with E-state index in [1.807, 2.05) is 0 Å². The van der Waals surface area contributed by atoms with Crippen molar-refractivity contribution in [2.45, 2.75) is 84.1 Å². The van der Waals surface area contributed by atoms with Crippen LogP contribution >= 0.6 is 0 Å². The number of nitrogens with zero attached hydrogens (tertiary/aromatic N) is 1. The molecular weight excluding hydrogens is 322 g/mol. The molecule has 0 radical (unpaired) electrons. The van der Waals surface area contributed by atoms with Crippen molar-refractivity contribution < 1.29 is 10.2 Å². The Balaban J connectivity index is 1.56. The average Bonchev–Trinajstić information content (AvgIpc) is 2.98. The summed E-state index contributed by atoms with van der Waals surface area (Å²) in [5.74, 6) is 3.76. The van der Waals surface area contributed by atoms with Crippen LogP contribution in [0.3, 0.4) is 0 Å². The summed E-state index contributed by atoms with van der Waals surface area (Å²) in [7, 11) is 0. The van der Waals surface area contributed by atoms with Gasteiger partial charge in [-0.15, -0.1) is 0 Å². The summed E-state index contributed by atoms with van der Waals surface area (Å²) < 4.78 is 0. The molecule has 0 saturated heterocycles. The fourth-order valence-electron chi connectivity index (χ4n) is 8.55. The maximum atomic E-state index is 9.53. The molecule has 4 aliphatic carbocycles. The quantitative estimate of drug-likeness (QED) is 0.774. The van der Waals surface area contributed by atoms with Gasteiger partial charge in [-0.2, -0.15) is 0 Å². The average molecular weight is 364 g/mol. The Bertz CT molecular complexity index is 491. The highest BCUT2D eigenvalue weighted by Gasteiger charge is 2.60. The van der Waals surface area contributed by atoms with Gasteiger partial charge in [0.1, 0.15) is 0 Å². The number of hydrogen-bond acceptors (Lipinski definition) is 3. The molecule has 4 rings (SSSR count). The van der Waals surface area contributed by atoms with E-state index in [1.54, 1.807) is 0 Å². The third-order valence-corrected chi connectivity index (χ3v) is 9.75. The Hall–Kier alpha value is -0.120. The van der Waals surface area contributed by atoms with E-state index >= 15 is 0 Å². The lowest BCUT2D eigenvalue weighted by molar-refractivity contribution is -0.115. The first-order valence-corrected chi connectivity index (χ1v) is 11.5. The van der Waals surface area contributed by atoms with Crippen LogP contribution in [0.2, 0.25) is 0 Å². The lowest BCUT2D eigenvalue weighted by Gasteiger charge is -2.61. The molecule has 2 N–H and O–H groups in total. The SMILES string of the molecule is C[C@]12CCCCC1CC[C@@H]1[C@H]2CC[C@]2(C)C(N(CCO)CCO)CC[C@@H]12. The molecule has 4 fully saturated rings. The summed E-state index contributed by atoms with van der Waals surface area (Å²) in [6.45, 7) is 7.09. The molecule has 0 bridgehead atoms. The fourth-order valence-corrected chi connectivity index (χ4v) is 8.55. The van der Waals surface area contributed by atoms with Crippen molar-refractivity contribution in [3.8, 4) is 0 Å². The van der Waals surface area contributed by atoms with E-state index in [2.05, 4.69) is 18.7 Å². The van der Waals surface area contributed by atoms with E-state index in [1.165, 1.54) is 64.2 Å². The molecule has 0 spiro atoms. The van der Waals surface area contributed by atoms with Crippen LogP contribution in [0.25, 0.3) is 0 Å². The number of aliphatic hydroxyl groups is 2. The standard InChI is InChI=1S/C23H41NO2/c1-22-11-4-3-5-17(22)6-7-18-19-8-9-21(24(13-15-25)14-16-26)23(19,2)12-10-20(18)22/h17-21,25-26H,3-16H2,1-2H3/t17?,18-,19-,20+,21?,22-,23-/m0/s1. The second-order valence-corrected chi connectivity index (χ2v) is 10.5. The maximum Gasteiger partial charge on any atom is 0.0558 e. The molecule has 4 aliphatic rings. The highest BCUT2D eigenvalue weighted by molar-refractivity contribution is 5.10. The maximum absolute atomic E-state index is 9.53. The minimum Gasteiger partial charge on any atom is -0.395 e. The monoisotopic (exact) mass is 363 g/mol. The summed E-state index contributed by atoms with van der Waals surface area (Å²) in [6, 6.07) is 0.560. The number of fused-ring (bicyclic) bond motifs is 5. The Morgan fingerprint density at radius 1 is 0.769 bits per heavy atom. The number of aliphatic hydroxyl groups excluding tert-OH is 2. The van der Waals surface area contributed by atoms with Crippen LogP contribution in [0.4, 0.5) is 0 Å². The first-order valence-electron chi connectivity index (χ1n) is 11.5. The molecule has 7 atom stereocenters. The third-order valence-electron chi connectivity index (χ3n) is 9.75. The zero-order chi connectivity index (χ0) is 18.4. The van der Waals surface area contributed by atoms with E-state index < -0.39 is 0 Å². The molecule has 3 nitrogen and oxygen atoms in total. The van der Waals surface area contributed by atoms with Gasteiger partial charge in [0.15, 0.2) is 0 Å². The zero-order valence-electron chi connectivity index (χ0n) is 17.1. The summed E-state index contributed by atoms with van der Waals surface area (Å²) in [5, 5.41) is 19.1. The van der Waals surface area contributed by atoms with Gasteiger partial charge in [-0.25, -0.2) is 0 Å². The van der Waals surface area contributed by atoms with E-state index in [4.69, 9.17) is 0 Å². The summed E-state index contributed by atoms with van der Waals surface area (Å²) in [4.78, 5) is 2.41. The fraction of sp³-hybridized carbons (Fsp3) is 1.00. The summed E-state index contributed by atoms with van der Waals surface area (Å²) in [6.07, 6.45) is 14.3. The van der Waals surface area contributed by atoms with Crippen LogP contribution in [-0.2, 0) is 0 Å². The molecule has 2 unspecified atom stereocenters. The van der Waals surface area contributed by atoms with Gasteiger partial charge in [0.2, 0.25) is 0 Å². The first-order chi connectivity index (χ1) is 12.5. The molecule has 0 aromatic rings. The molecule has 4 saturated carbocycles. The number of rotatable bonds is 5. The van der Waals surface area contributed by atoms with Crippen LogP contribution in [0, 0.1) is 34.5 Å². The third kappa shape index (κ3) is 2.88. The largest absolute Gasteiger partial charge is 0.395 e. The van der Waals surface area contributed by atoms with Gasteiger partial charge in [-0.3, -0.25) is 4.90 Å². The van der Waals surface area contributed by atoms with E-state index in [-0.39, 0.29) is 13.2 Å². The van der Waals surface area contributed by atoms with Gasteiger partial charge >= 0.3 is 0 Å². The lowest BCUT2D eigenvalue weighted by atomic mass is 9.45. The minimum absolute atomic E-state index is 0.211. The van der Waals surface area contributed by atoms with Gasteiger partial charge in [0.05, 0.1) is 13.2 Å². The van der Waals surface area contributed by atoms with Gasteiger partial charge < -0.3 is 10.2 Å². The molecule has 0 aromatic heterocycles. The highest BCUT2D eigenvalue weighted by Crippen LogP contribution is 2.66. The van der Waals surface area contributed by atoms with Crippen LogP contribution in [0.5, 0.6) is 0 Å². The van der Waals surface area contributed by atoms with Gasteiger partial charge in [0, 0.05) is 19.1 Å². The van der Waals surface area contributed by atoms with Gasteiger partial charge in [-0.1, -0.05) is 26.7 Å². The highest BCUT2D eigenvalue weighted by atomic mass is 16.3. The van der Waals surface area contributed by atoms with Crippen molar-refractivity contribution in [2.75, 3.05) is 26.3 Å². The van der Waals surface area contributed by atoms with Crippen molar-refractivity contribution >= 4 is 0 Å². The van der Waals surface area contributed by atoms with Crippen LogP contribution in [0.1, 0.15) is 78.1 Å². The normalized spacial score (nSPS) is 48.1.